The molecule has 150 valence electrons. The van der Waals surface area contributed by atoms with Crippen LogP contribution in [-0.2, 0) is 14.8 Å². The van der Waals surface area contributed by atoms with E-state index in [2.05, 4.69) is 15.4 Å². The fraction of sp³-hybridized carbons (Fsp3) is 0.300. The van der Waals surface area contributed by atoms with Gasteiger partial charge in [-0.25, -0.2) is 13.1 Å². The van der Waals surface area contributed by atoms with Crippen molar-refractivity contribution in [1.82, 2.24) is 10.0 Å². The highest BCUT2D eigenvalue weighted by Gasteiger charge is 2.19. The summed E-state index contributed by atoms with van der Waals surface area (Å²) in [7, 11) is -3.66. The number of benzene rings is 2. The summed E-state index contributed by atoms with van der Waals surface area (Å²) < 4.78 is 26.7. The van der Waals surface area contributed by atoms with Gasteiger partial charge in [-0.2, -0.15) is 0 Å². The number of nitrogens with one attached hydrogen (secondary N) is 3. The molecule has 0 unspecified atom stereocenters. The summed E-state index contributed by atoms with van der Waals surface area (Å²) in [6, 6.07) is 14.6. The molecule has 2 aromatic carbocycles. The molecule has 28 heavy (non-hydrogen) atoms. The van der Waals surface area contributed by atoms with E-state index in [0.717, 1.165) is 0 Å². The van der Waals surface area contributed by atoms with Crippen molar-refractivity contribution in [3.05, 3.63) is 60.2 Å². The van der Waals surface area contributed by atoms with Crippen LogP contribution in [0.1, 0.15) is 37.6 Å². The molecule has 2 aromatic rings. The van der Waals surface area contributed by atoms with E-state index in [1.54, 1.807) is 42.5 Å². The van der Waals surface area contributed by atoms with E-state index < -0.39 is 21.5 Å². The minimum atomic E-state index is -3.66. The van der Waals surface area contributed by atoms with Crippen molar-refractivity contribution in [2.45, 2.75) is 37.6 Å². The van der Waals surface area contributed by atoms with Gasteiger partial charge in [0.25, 0.3) is 5.91 Å². The average Bonchev–Trinajstić information content (AvgIpc) is 2.61. The summed E-state index contributed by atoms with van der Waals surface area (Å²) in [6.45, 7) is 5.54. The van der Waals surface area contributed by atoms with Gasteiger partial charge >= 0.3 is 0 Å². The number of rotatable bonds is 7. The average molecular weight is 404 g/mol. The standard InChI is InChI=1S/C20H25N3O4S/c1-20(2,3)23-19(25)16-11-7-8-12-17(16)22-18(24)13-14-21-28(26,27)15-9-5-4-6-10-15/h4-12,21H,13-14H2,1-3H3,(H,22,24)(H,23,25). The molecule has 7 nitrogen and oxygen atoms in total. The normalized spacial score (nSPS) is 11.7. The molecule has 0 saturated heterocycles. The van der Waals surface area contributed by atoms with Gasteiger partial charge in [0.1, 0.15) is 0 Å². The SMILES string of the molecule is CC(C)(C)NC(=O)c1ccccc1NC(=O)CCNS(=O)(=O)c1ccccc1. The number of anilines is 1. The quantitative estimate of drug-likeness (QED) is 0.661. The third kappa shape index (κ3) is 6.47. The second-order valence-electron chi connectivity index (χ2n) is 7.26. The van der Waals surface area contributed by atoms with Crippen molar-refractivity contribution in [2.24, 2.45) is 0 Å². The van der Waals surface area contributed by atoms with Gasteiger partial charge in [-0.1, -0.05) is 30.3 Å². The fourth-order valence-electron chi connectivity index (χ4n) is 2.39. The number of carbonyl (C=O) groups is 2. The lowest BCUT2D eigenvalue weighted by Crippen LogP contribution is -2.40. The van der Waals surface area contributed by atoms with Crippen LogP contribution in [0.15, 0.2) is 59.5 Å². The predicted octanol–water partition coefficient (Wildman–Crippen LogP) is 2.52. The van der Waals surface area contributed by atoms with Crippen molar-refractivity contribution >= 4 is 27.5 Å². The van der Waals surface area contributed by atoms with Crippen molar-refractivity contribution in [2.75, 3.05) is 11.9 Å². The van der Waals surface area contributed by atoms with Crippen LogP contribution in [0, 0.1) is 0 Å². The van der Waals surface area contributed by atoms with Crippen LogP contribution in [0.3, 0.4) is 0 Å². The molecule has 3 N–H and O–H groups in total. The van der Waals surface area contributed by atoms with Crippen LogP contribution >= 0.6 is 0 Å². The van der Waals surface area contributed by atoms with Crippen LogP contribution < -0.4 is 15.4 Å². The molecular weight excluding hydrogens is 378 g/mol. The number of hydrogen-bond acceptors (Lipinski definition) is 4. The zero-order valence-electron chi connectivity index (χ0n) is 16.2. The molecule has 2 rings (SSSR count). The summed E-state index contributed by atoms with van der Waals surface area (Å²) in [6.07, 6.45) is -0.0682. The summed E-state index contributed by atoms with van der Waals surface area (Å²) in [5.41, 5.74) is 0.306. The van der Waals surface area contributed by atoms with Crippen LogP contribution in [0.25, 0.3) is 0 Å². The zero-order chi connectivity index (χ0) is 20.8. The molecular formula is C20H25N3O4S. The molecule has 0 radical (unpaired) electrons. The van der Waals surface area contributed by atoms with E-state index in [0.29, 0.717) is 11.3 Å². The number of amides is 2. The fourth-order valence-corrected chi connectivity index (χ4v) is 3.45. The molecule has 2 amide bonds. The van der Waals surface area contributed by atoms with Crippen molar-refractivity contribution < 1.29 is 18.0 Å². The van der Waals surface area contributed by atoms with Gasteiger partial charge in [-0.05, 0) is 45.0 Å². The Morgan fingerprint density at radius 1 is 0.929 bits per heavy atom. The Morgan fingerprint density at radius 3 is 2.18 bits per heavy atom. The van der Waals surface area contributed by atoms with E-state index in [1.165, 1.54) is 12.1 Å². The lowest BCUT2D eigenvalue weighted by molar-refractivity contribution is -0.116. The second kappa shape index (κ2) is 8.99. The molecule has 0 aliphatic rings. The predicted molar refractivity (Wildman–Crippen MR) is 109 cm³/mol. The monoisotopic (exact) mass is 403 g/mol. The second-order valence-corrected chi connectivity index (χ2v) is 9.03. The molecule has 0 atom stereocenters. The minimum Gasteiger partial charge on any atom is -0.347 e. The maximum Gasteiger partial charge on any atom is 0.253 e. The highest BCUT2D eigenvalue weighted by molar-refractivity contribution is 7.89. The van der Waals surface area contributed by atoms with Gasteiger partial charge in [-0.15, -0.1) is 0 Å². The number of sulfonamides is 1. The maximum atomic E-state index is 12.4. The third-order valence-corrected chi connectivity index (χ3v) is 5.11. The summed E-state index contributed by atoms with van der Waals surface area (Å²) in [5.74, 6) is -0.694. The molecule has 0 aliphatic heterocycles. The van der Waals surface area contributed by atoms with Gasteiger partial charge in [0, 0.05) is 18.5 Å². The summed E-state index contributed by atoms with van der Waals surface area (Å²) in [4.78, 5) is 24.8. The first-order valence-corrected chi connectivity index (χ1v) is 10.3. The Balaban J connectivity index is 1.96. The van der Waals surface area contributed by atoms with Crippen molar-refractivity contribution in [3.63, 3.8) is 0 Å². The van der Waals surface area contributed by atoms with E-state index in [-0.39, 0.29) is 23.8 Å². The first-order chi connectivity index (χ1) is 13.1. The van der Waals surface area contributed by atoms with E-state index in [1.807, 2.05) is 20.8 Å². The van der Waals surface area contributed by atoms with Gasteiger partial charge in [0.15, 0.2) is 0 Å². The highest BCUT2D eigenvalue weighted by Crippen LogP contribution is 2.16. The molecule has 0 heterocycles. The Labute approximate surface area is 165 Å². The van der Waals surface area contributed by atoms with E-state index in [4.69, 9.17) is 0 Å². The van der Waals surface area contributed by atoms with Crippen LogP contribution in [0.4, 0.5) is 5.69 Å². The van der Waals surface area contributed by atoms with Crippen LogP contribution in [0.2, 0.25) is 0 Å². The Bertz CT molecular complexity index is 935. The lowest BCUT2D eigenvalue weighted by atomic mass is 10.1. The maximum absolute atomic E-state index is 12.4. The van der Waals surface area contributed by atoms with Crippen LogP contribution in [0.5, 0.6) is 0 Å². The molecule has 0 spiro atoms. The highest BCUT2D eigenvalue weighted by atomic mass is 32.2. The number of hydrogen-bond donors (Lipinski definition) is 3. The van der Waals surface area contributed by atoms with Gasteiger partial charge < -0.3 is 10.6 Å². The van der Waals surface area contributed by atoms with Gasteiger partial charge in [0.05, 0.1) is 16.1 Å². The van der Waals surface area contributed by atoms with E-state index in [9.17, 15) is 18.0 Å². The molecule has 0 fully saturated rings. The molecule has 0 aromatic heterocycles. The smallest absolute Gasteiger partial charge is 0.253 e. The Hall–Kier alpha value is -2.71. The summed E-state index contributed by atoms with van der Waals surface area (Å²) in [5, 5.41) is 5.52. The number of carbonyl (C=O) groups excluding carboxylic acids is 2. The first-order valence-electron chi connectivity index (χ1n) is 8.84. The molecule has 8 heteroatoms. The van der Waals surface area contributed by atoms with Crippen molar-refractivity contribution in [1.29, 1.82) is 0 Å². The largest absolute Gasteiger partial charge is 0.347 e. The molecule has 0 aliphatic carbocycles. The Kier molecular flexibility index (Phi) is 6.93. The lowest BCUT2D eigenvalue weighted by Gasteiger charge is -2.21. The van der Waals surface area contributed by atoms with Gasteiger partial charge in [-0.3, -0.25) is 9.59 Å². The first kappa shape index (κ1) is 21.6. The zero-order valence-corrected chi connectivity index (χ0v) is 17.0. The topological polar surface area (TPSA) is 104 Å². The number of para-hydroxylation sites is 1. The molecule has 0 saturated carbocycles. The van der Waals surface area contributed by atoms with Crippen LogP contribution in [-0.4, -0.2) is 32.3 Å². The Morgan fingerprint density at radius 2 is 1.54 bits per heavy atom. The third-order valence-electron chi connectivity index (χ3n) is 3.63. The molecule has 0 bridgehead atoms. The van der Waals surface area contributed by atoms with Gasteiger partial charge in [0.2, 0.25) is 15.9 Å². The van der Waals surface area contributed by atoms with Crippen molar-refractivity contribution in [3.8, 4) is 0 Å². The summed E-state index contributed by atoms with van der Waals surface area (Å²) >= 11 is 0. The minimum absolute atomic E-state index is 0.0561. The van der Waals surface area contributed by atoms with E-state index >= 15 is 0 Å².